The number of rotatable bonds is 4. The van der Waals surface area contributed by atoms with Gasteiger partial charge >= 0.3 is 104 Å². The van der Waals surface area contributed by atoms with Gasteiger partial charge in [-0.3, -0.25) is 0 Å². The van der Waals surface area contributed by atoms with E-state index in [0.717, 1.165) is 12.8 Å². The second-order valence-electron chi connectivity index (χ2n) is 3.86. The summed E-state index contributed by atoms with van der Waals surface area (Å²) in [5.41, 5.74) is 2.37. The van der Waals surface area contributed by atoms with E-state index in [2.05, 4.69) is 43.4 Å². The van der Waals surface area contributed by atoms with Crippen LogP contribution in [0.5, 0.6) is 0 Å². The number of halogens is 1. The summed E-state index contributed by atoms with van der Waals surface area (Å²) < 4.78 is 5.87. The standard InChI is InChI=1S/C12H13O.ClH.Ti/c1-12(13,10-6-2-3-7-10)11-8-4-5-9-11;;/h2-6,8H,7,9H2,1H3;1H;/q-1;;+2/p-1. The summed E-state index contributed by atoms with van der Waals surface area (Å²) in [5.74, 6) is 0. The summed E-state index contributed by atoms with van der Waals surface area (Å²) >= 11 is -0.807. The third-order valence-electron chi connectivity index (χ3n) is 3.01. The Morgan fingerprint density at radius 1 is 1.20 bits per heavy atom. The minimum absolute atomic E-state index is 0.269. The van der Waals surface area contributed by atoms with Crippen LogP contribution < -0.4 is 0 Å². The molecule has 0 heterocycles. The third-order valence-corrected chi connectivity index (χ3v) is 4.09. The summed E-state index contributed by atoms with van der Waals surface area (Å²) in [5, 5.41) is 0. The predicted octanol–water partition coefficient (Wildman–Crippen LogP) is 3.69. The van der Waals surface area contributed by atoms with Crippen molar-refractivity contribution in [1.82, 2.24) is 0 Å². The Kier molecular flexibility index (Phi) is 3.68. The van der Waals surface area contributed by atoms with Crippen molar-refractivity contribution in [2.75, 3.05) is 0 Å². The van der Waals surface area contributed by atoms with Crippen molar-refractivity contribution in [3.8, 4) is 0 Å². The van der Waals surface area contributed by atoms with Gasteiger partial charge in [-0.15, -0.1) is 0 Å². The average Bonchev–Trinajstić information content (AvgIpc) is 2.92. The monoisotopic (exact) mass is 256 g/mol. The van der Waals surface area contributed by atoms with E-state index in [1.54, 1.807) is 0 Å². The fourth-order valence-electron chi connectivity index (χ4n) is 2.02. The number of allylic oxidation sites excluding steroid dienone is 6. The van der Waals surface area contributed by atoms with Crippen LogP contribution in [0.15, 0.2) is 47.6 Å². The molecule has 15 heavy (non-hydrogen) atoms. The van der Waals surface area contributed by atoms with Crippen molar-refractivity contribution >= 4 is 9.30 Å². The van der Waals surface area contributed by atoms with Gasteiger partial charge in [-0.25, -0.2) is 0 Å². The van der Waals surface area contributed by atoms with Crippen LogP contribution in [0, 0.1) is 0 Å². The van der Waals surface area contributed by atoms with Gasteiger partial charge in [0.05, 0.1) is 0 Å². The second-order valence-corrected chi connectivity index (χ2v) is 5.06. The van der Waals surface area contributed by atoms with E-state index in [1.807, 2.05) is 0 Å². The Hall–Kier alpha value is -0.0757. The maximum atomic E-state index is 5.87. The molecule has 0 unspecified atom stereocenters. The summed E-state index contributed by atoms with van der Waals surface area (Å²) in [4.78, 5) is 0. The first-order valence-electron chi connectivity index (χ1n) is 5.03. The van der Waals surface area contributed by atoms with Crippen LogP contribution in [-0.2, 0) is 21.8 Å². The van der Waals surface area contributed by atoms with E-state index in [-0.39, 0.29) is 5.60 Å². The Morgan fingerprint density at radius 2 is 1.73 bits per heavy atom. The van der Waals surface area contributed by atoms with E-state index in [9.17, 15) is 0 Å². The van der Waals surface area contributed by atoms with E-state index in [0.29, 0.717) is 0 Å². The van der Waals surface area contributed by atoms with Crippen LogP contribution in [0.2, 0.25) is 0 Å². The van der Waals surface area contributed by atoms with Crippen LogP contribution in [-0.4, -0.2) is 5.60 Å². The van der Waals surface area contributed by atoms with Gasteiger partial charge in [-0.1, -0.05) is 0 Å². The molecule has 0 spiro atoms. The van der Waals surface area contributed by atoms with E-state index >= 15 is 0 Å². The van der Waals surface area contributed by atoms with E-state index in [4.69, 9.17) is 12.6 Å². The summed E-state index contributed by atoms with van der Waals surface area (Å²) in [6, 6.07) is 0. The van der Waals surface area contributed by atoms with Crippen LogP contribution in [0.25, 0.3) is 0 Å². The van der Waals surface area contributed by atoms with Crippen LogP contribution >= 0.6 is 9.30 Å². The Morgan fingerprint density at radius 3 is 2.07 bits per heavy atom. The molecular weight excluding hydrogens is 243 g/mol. The molecule has 1 nitrogen and oxygen atoms in total. The molecule has 0 amide bonds. The van der Waals surface area contributed by atoms with Gasteiger partial charge in [-0.05, 0) is 0 Å². The predicted molar refractivity (Wildman–Crippen MR) is 59.0 cm³/mol. The summed E-state index contributed by atoms with van der Waals surface area (Å²) in [6.45, 7) is 2.14. The normalized spacial score (nSPS) is 19.3. The zero-order valence-corrected chi connectivity index (χ0v) is 11.0. The zero-order chi connectivity index (χ0) is 10.7. The van der Waals surface area contributed by atoms with Gasteiger partial charge in [0.15, 0.2) is 0 Å². The number of hydrogen-bond donors (Lipinski definition) is 0. The first-order chi connectivity index (χ1) is 7.27. The van der Waals surface area contributed by atoms with Crippen molar-refractivity contribution in [1.29, 1.82) is 0 Å². The first kappa shape index (κ1) is 11.4. The molecule has 0 bridgehead atoms. The Labute approximate surface area is 104 Å². The van der Waals surface area contributed by atoms with Gasteiger partial charge in [-0.2, -0.15) is 0 Å². The summed E-state index contributed by atoms with van der Waals surface area (Å²) in [7, 11) is 5.85. The van der Waals surface area contributed by atoms with Crippen LogP contribution in [0.1, 0.15) is 19.8 Å². The molecule has 2 aliphatic rings. The van der Waals surface area contributed by atoms with Crippen LogP contribution in [0.4, 0.5) is 0 Å². The quantitative estimate of drug-likeness (QED) is 0.697. The van der Waals surface area contributed by atoms with E-state index in [1.165, 1.54) is 11.1 Å². The van der Waals surface area contributed by atoms with Gasteiger partial charge in [0.1, 0.15) is 0 Å². The molecule has 0 N–H and O–H groups in total. The Balaban J connectivity index is 2.23. The van der Waals surface area contributed by atoms with Crippen molar-refractivity contribution in [2.45, 2.75) is 25.4 Å². The number of hydrogen-bond acceptors (Lipinski definition) is 1. The van der Waals surface area contributed by atoms with Gasteiger partial charge in [0, 0.05) is 0 Å². The zero-order valence-electron chi connectivity index (χ0n) is 8.66. The second kappa shape index (κ2) is 4.84. The van der Waals surface area contributed by atoms with Crippen molar-refractivity contribution in [2.24, 2.45) is 0 Å². The van der Waals surface area contributed by atoms with Gasteiger partial charge in [0.2, 0.25) is 0 Å². The van der Waals surface area contributed by atoms with Crippen molar-refractivity contribution < 1.29 is 21.8 Å². The fourth-order valence-corrected chi connectivity index (χ4v) is 3.30. The molecule has 0 aliphatic heterocycles. The fraction of sp³-hybridized carbons (Fsp3) is 0.333. The molecule has 2 rings (SSSR count). The molecule has 0 saturated heterocycles. The molecule has 78 valence electrons. The molecule has 0 aromatic carbocycles. The third kappa shape index (κ3) is 2.21. The maximum absolute atomic E-state index is 5.87. The van der Waals surface area contributed by atoms with Crippen LogP contribution in [0.3, 0.4) is 0 Å². The van der Waals surface area contributed by atoms with E-state index < -0.39 is 18.5 Å². The topological polar surface area (TPSA) is 9.23 Å². The first-order valence-corrected chi connectivity index (χ1v) is 7.82. The molecule has 2 aliphatic carbocycles. The molecule has 0 atom stereocenters. The molecule has 3 heteroatoms. The van der Waals surface area contributed by atoms with Crippen molar-refractivity contribution in [3.63, 3.8) is 0 Å². The molecular formula is C12H13ClOTi. The average molecular weight is 257 g/mol. The Bertz CT molecular complexity index is 336. The van der Waals surface area contributed by atoms with Crippen molar-refractivity contribution in [3.05, 3.63) is 47.6 Å². The summed E-state index contributed by atoms with van der Waals surface area (Å²) in [6.07, 6.45) is 14.8. The molecule has 0 fully saturated rings. The minimum atomic E-state index is -0.807. The molecule has 0 radical (unpaired) electrons. The van der Waals surface area contributed by atoms with Gasteiger partial charge in [0.25, 0.3) is 0 Å². The molecule has 0 aromatic rings. The SMILES string of the molecule is CC([O][Ti][Cl])(C1=CC=CC1)C1=CC=CC1. The molecule has 0 aromatic heterocycles. The molecule has 0 saturated carbocycles. The van der Waals surface area contributed by atoms with Gasteiger partial charge < -0.3 is 0 Å².